The van der Waals surface area contributed by atoms with Crippen molar-refractivity contribution in [3.8, 4) is 0 Å². The van der Waals surface area contributed by atoms with Crippen molar-refractivity contribution in [3.05, 3.63) is 24.3 Å². The van der Waals surface area contributed by atoms with Crippen LogP contribution in [-0.2, 0) is 11.3 Å². The molecule has 0 radical (unpaired) electrons. The summed E-state index contributed by atoms with van der Waals surface area (Å²) in [6.07, 6.45) is 4.22. The van der Waals surface area contributed by atoms with Crippen LogP contribution in [0.1, 0.15) is 32.4 Å². The van der Waals surface area contributed by atoms with Crippen molar-refractivity contribution in [2.75, 3.05) is 0 Å². The van der Waals surface area contributed by atoms with Crippen LogP contribution in [0.2, 0.25) is 0 Å². The predicted molar refractivity (Wildman–Crippen MR) is 61.4 cm³/mol. The minimum Gasteiger partial charge on any atom is -0.350 e. The largest absolute Gasteiger partial charge is 0.350 e. The fourth-order valence-corrected chi connectivity index (χ4v) is 1.14. The van der Waals surface area contributed by atoms with Crippen LogP contribution in [0.3, 0.4) is 0 Å². The van der Waals surface area contributed by atoms with E-state index in [0.29, 0.717) is 19.4 Å². The molecule has 0 aliphatic rings. The molecule has 3 N–H and O–H groups in total. The zero-order valence-electron chi connectivity index (χ0n) is 9.73. The van der Waals surface area contributed by atoms with Crippen molar-refractivity contribution in [2.24, 2.45) is 5.73 Å². The quantitative estimate of drug-likeness (QED) is 0.765. The van der Waals surface area contributed by atoms with Gasteiger partial charge in [0.2, 0.25) is 5.91 Å². The van der Waals surface area contributed by atoms with Gasteiger partial charge in [0.25, 0.3) is 0 Å². The van der Waals surface area contributed by atoms with E-state index in [1.165, 1.54) is 6.33 Å². The van der Waals surface area contributed by atoms with E-state index < -0.39 is 0 Å². The highest BCUT2D eigenvalue weighted by molar-refractivity contribution is 5.75. The van der Waals surface area contributed by atoms with Crippen molar-refractivity contribution < 1.29 is 4.79 Å². The van der Waals surface area contributed by atoms with Crippen LogP contribution < -0.4 is 11.1 Å². The van der Waals surface area contributed by atoms with Gasteiger partial charge in [-0.15, -0.1) is 0 Å². The van der Waals surface area contributed by atoms with Gasteiger partial charge in [0.05, 0.1) is 12.2 Å². The number of nitrogens with zero attached hydrogens (tertiary/aromatic N) is 2. The molecule has 0 saturated carbocycles. The third-order valence-electron chi connectivity index (χ3n) is 2.11. The molecule has 0 unspecified atom stereocenters. The molecule has 5 nitrogen and oxygen atoms in total. The minimum absolute atomic E-state index is 0.00265. The number of hydrogen-bond donors (Lipinski definition) is 2. The fourth-order valence-electron chi connectivity index (χ4n) is 1.14. The number of amides is 1. The number of nitrogens with one attached hydrogen (secondary N) is 1. The van der Waals surface area contributed by atoms with Crippen LogP contribution >= 0.6 is 0 Å². The number of carbonyl (C=O) groups excluding carboxylic acids is 1. The van der Waals surface area contributed by atoms with Crippen LogP contribution in [0.5, 0.6) is 0 Å². The van der Waals surface area contributed by atoms with Crippen LogP contribution in [0.4, 0.5) is 0 Å². The van der Waals surface area contributed by atoms with Crippen LogP contribution in [0.25, 0.3) is 0 Å². The van der Waals surface area contributed by atoms with Crippen molar-refractivity contribution in [1.82, 2.24) is 15.3 Å². The smallest absolute Gasteiger partial charge is 0.220 e. The van der Waals surface area contributed by atoms with E-state index in [1.54, 1.807) is 12.3 Å². The molecule has 0 spiro atoms. The first-order valence-corrected chi connectivity index (χ1v) is 5.28. The molecule has 5 heteroatoms. The first kappa shape index (κ1) is 12.6. The minimum atomic E-state index is -0.299. The molecule has 0 aliphatic heterocycles. The second-order valence-electron chi connectivity index (χ2n) is 4.47. The Balaban J connectivity index is 2.26. The van der Waals surface area contributed by atoms with Crippen LogP contribution in [0.15, 0.2) is 18.6 Å². The molecule has 1 aromatic heterocycles. The second kappa shape index (κ2) is 5.55. The first-order chi connectivity index (χ1) is 7.47. The molecule has 0 saturated heterocycles. The molecule has 0 atom stereocenters. The maximum atomic E-state index is 11.5. The van der Waals surface area contributed by atoms with Crippen molar-refractivity contribution >= 4 is 5.91 Å². The fraction of sp³-hybridized carbons (Fsp3) is 0.545. The molecule has 1 amide bonds. The van der Waals surface area contributed by atoms with Gasteiger partial charge in [-0.25, -0.2) is 9.97 Å². The predicted octanol–water partition coefficient (Wildman–Crippen LogP) is 0.610. The number of rotatable bonds is 5. The molecule has 16 heavy (non-hydrogen) atoms. The Kier molecular flexibility index (Phi) is 4.37. The van der Waals surface area contributed by atoms with Crippen molar-refractivity contribution in [3.63, 3.8) is 0 Å². The number of carbonyl (C=O) groups is 1. The lowest BCUT2D eigenvalue weighted by Gasteiger charge is -2.17. The van der Waals surface area contributed by atoms with Gasteiger partial charge in [-0.2, -0.15) is 0 Å². The van der Waals surface area contributed by atoms with Crippen LogP contribution in [-0.4, -0.2) is 21.4 Å². The van der Waals surface area contributed by atoms with Gasteiger partial charge in [-0.05, 0) is 26.3 Å². The second-order valence-corrected chi connectivity index (χ2v) is 4.47. The highest BCUT2D eigenvalue weighted by Crippen LogP contribution is 2.06. The summed E-state index contributed by atoms with van der Waals surface area (Å²) in [6.45, 7) is 4.25. The summed E-state index contributed by atoms with van der Waals surface area (Å²) in [6, 6.07) is 1.77. The van der Waals surface area contributed by atoms with Gasteiger partial charge >= 0.3 is 0 Å². The van der Waals surface area contributed by atoms with E-state index >= 15 is 0 Å². The van der Waals surface area contributed by atoms with Gasteiger partial charge in [0.1, 0.15) is 6.33 Å². The van der Waals surface area contributed by atoms with Gasteiger partial charge < -0.3 is 11.1 Å². The van der Waals surface area contributed by atoms with E-state index in [9.17, 15) is 4.79 Å². The Bertz CT molecular complexity index is 332. The zero-order valence-corrected chi connectivity index (χ0v) is 9.73. The van der Waals surface area contributed by atoms with Gasteiger partial charge in [-0.1, -0.05) is 0 Å². The highest BCUT2D eigenvalue weighted by atomic mass is 16.1. The summed E-state index contributed by atoms with van der Waals surface area (Å²) in [5.41, 5.74) is 6.29. The molecular formula is C11H18N4O. The zero-order chi connectivity index (χ0) is 12.0. The SMILES string of the molecule is CC(C)(N)CCC(=O)NCc1ccncn1. The lowest BCUT2D eigenvalue weighted by Crippen LogP contribution is -2.34. The molecule has 88 valence electrons. The number of aromatic nitrogens is 2. The molecule has 0 aromatic carbocycles. The van der Waals surface area contributed by atoms with Crippen LogP contribution in [0, 0.1) is 0 Å². The lowest BCUT2D eigenvalue weighted by atomic mass is 10.00. The summed E-state index contributed by atoms with van der Waals surface area (Å²) in [4.78, 5) is 19.3. The van der Waals surface area contributed by atoms with E-state index in [1.807, 2.05) is 13.8 Å². The molecule has 0 fully saturated rings. The molecule has 1 rings (SSSR count). The normalized spacial score (nSPS) is 11.2. The molecule has 0 aliphatic carbocycles. The molecule has 0 bridgehead atoms. The summed E-state index contributed by atoms with van der Waals surface area (Å²) in [7, 11) is 0. The Morgan fingerprint density at radius 2 is 2.31 bits per heavy atom. The van der Waals surface area contributed by atoms with Gasteiger partial charge in [0, 0.05) is 18.2 Å². The Morgan fingerprint density at radius 3 is 2.88 bits per heavy atom. The first-order valence-electron chi connectivity index (χ1n) is 5.28. The summed E-state index contributed by atoms with van der Waals surface area (Å²) in [5, 5.41) is 2.79. The molecular weight excluding hydrogens is 204 g/mol. The topological polar surface area (TPSA) is 80.9 Å². The van der Waals surface area contributed by atoms with E-state index in [4.69, 9.17) is 5.73 Å². The van der Waals surface area contributed by atoms with Crippen molar-refractivity contribution in [2.45, 2.75) is 38.8 Å². The Morgan fingerprint density at radius 1 is 1.56 bits per heavy atom. The summed E-state index contributed by atoms with van der Waals surface area (Å²) in [5.74, 6) is -0.00265. The maximum Gasteiger partial charge on any atom is 0.220 e. The standard InChI is InChI=1S/C11H18N4O/c1-11(2,12)5-3-10(16)14-7-9-4-6-13-8-15-9/h4,6,8H,3,5,7,12H2,1-2H3,(H,14,16). The average molecular weight is 222 g/mol. The maximum absolute atomic E-state index is 11.5. The average Bonchev–Trinajstić information content (AvgIpc) is 2.24. The van der Waals surface area contributed by atoms with Gasteiger partial charge in [0.15, 0.2) is 0 Å². The lowest BCUT2D eigenvalue weighted by molar-refractivity contribution is -0.121. The van der Waals surface area contributed by atoms with Gasteiger partial charge in [-0.3, -0.25) is 4.79 Å². The highest BCUT2D eigenvalue weighted by Gasteiger charge is 2.12. The molecule has 1 heterocycles. The Hall–Kier alpha value is -1.49. The third kappa shape index (κ3) is 5.41. The van der Waals surface area contributed by atoms with E-state index in [0.717, 1.165) is 5.69 Å². The summed E-state index contributed by atoms with van der Waals surface area (Å²) >= 11 is 0. The Labute approximate surface area is 95.5 Å². The third-order valence-corrected chi connectivity index (χ3v) is 2.11. The van der Waals surface area contributed by atoms with E-state index in [2.05, 4.69) is 15.3 Å². The summed E-state index contributed by atoms with van der Waals surface area (Å²) < 4.78 is 0. The molecule has 1 aromatic rings. The number of nitrogens with two attached hydrogens (primary N) is 1. The van der Waals surface area contributed by atoms with Crippen molar-refractivity contribution in [1.29, 1.82) is 0 Å². The number of hydrogen-bond acceptors (Lipinski definition) is 4. The monoisotopic (exact) mass is 222 g/mol. The van der Waals surface area contributed by atoms with E-state index in [-0.39, 0.29) is 11.4 Å².